The van der Waals surface area contributed by atoms with E-state index in [-0.39, 0.29) is 0 Å². The standard InChI is InChI=1S/C10H18.C10H12.C9H10.C9H8.C8H8/c2*1-2-6-10-8-4-3-7-9(10)5-1;2*1-2-5-9-7-3-6-8(9)4-1;1-3-7-5-2-6-8(7)4-1/h9-10H,1-8H2;1-2,5-6H,3-4,7-8H2;1-2,4-5H,3,6-7H2;1-6H,7H2;1-3,6H,4-5H2. The molecule has 3 aromatic carbocycles. The van der Waals surface area contributed by atoms with Crippen molar-refractivity contribution in [2.45, 2.75) is 116 Å². The molecule has 7 aliphatic carbocycles. The van der Waals surface area contributed by atoms with E-state index in [2.05, 4.69) is 109 Å². The van der Waals surface area contributed by atoms with Gasteiger partial charge in [0.1, 0.15) is 0 Å². The van der Waals surface area contributed by atoms with Crippen LogP contribution in [0.1, 0.15) is 117 Å². The van der Waals surface area contributed by atoms with E-state index in [4.69, 9.17) is 0 Å². The smallest absolute Gasteiger partial charge is 0.00882 e. The summed E-state index contributed by atoms with van der Waals surface area (Å²) in [6, 6.07) is 26.0. The Labute approximate surface area is 280 Å². The summed E-state index contributed by atoms with van der Waals surface area (Å²) in [7, 11) is 0. The first-order chi connectivity index (χ1) is 22.8. The van der Waals surface area contributed by atoms with Crippen molar-refractivity contribution in [1.29, 1.82) is 0 Å². The SMILES string of the molecule is C1=CC2=C(C=CC2)C1.C1=Cc2ccccc2C1.C1CCC2CCCCC2C1.c1ccc2c(c1)CCC2.c1ccc2c(c1)CCCC2. The molecule has 0 N–H and O–H groups in total. The van der Waals surface area contributed by atoms with Crippen LogP contribution in [0.5, 0.6) is 0 Å². The number of benzene rings is 3. The van der Waals surface area contributed by atoms with E-state index in [0.717, 1.165) is 18.3 Å². The zero-order valence-electron chi connectivity index (χ0n) is 28.3. The van der Waals surface area contributed by atoms with E-state index >= 15 is 0 Å². The van der Waals surface area contributed by atoms with Gasteiger partial charge in [-0.2, -0.15) is 0 Å². The van der Waals surface area contributed by atoms with Crippen molar-refractivity contribution in [3.8, 4) is 0 Å². The molecule has 0 atom stereocenters. The second-order valence-electron chi connectivity index (χ2n) is 14.3. The monoisotopic (exact) mass is 608 g/mol. The van der Waals surface area contributed by atoms with Gasteiger partial charge in [0.25, 0.3) is 0 Å². The maximum Gasteiger partial charge on any atom is -0.00882 e. The Kier molecular flexibility index (Phi) is 12.4. The molecular formula is C46H56. The summed E-state index contributed by atoms with van der Waals surface area (Å²) in [6.07, 6.45) is 38.5. The van der Waals surface area contributed by atoms with E-state index in [1.165, 1.54) is 106 Å². The first-order valence-corrected chi connectivity index (χ1v) is 18.8. The van der Waals surface area contributed by atoms with Crippen LogP contribution in [0.4, 0.5) is 0 Å². The van der Waals surface area contributed by atoms with Gasteiger partial charge >= 0.3 is 0 Å². The van der Waals surface area contributed by atoms with Crippen LogP contribution in [0.2, 0.25) is 0 Å². The van der Waals surface area contributed by atoms with Gasteiger partial charge in [0.2, 0.25) is 0 Å². The Morgan fingerprint density at radius 3 is 1.20 bits per heavy atom. The highest BCUT2D eigenvalue weighted by atomic mass is 14.3. The number of rotatable bonds is 0. The Bertz CT molecular complexity index is 1410. The quantitative estimate of drug-likeness (QED) is 0.238. The highest BCUT2D eigenvalue weighted by Crippen LogP contribution is 2.40. The van der Waals surface area contributed by atoms with Gasteiger partial charge in [-0.25, -0.2) is 0 Å². The normalized spacial score (nSPS) is 22.2. The summed E-state index contributed by atoms with van der Waals surface area (Å²) in [5, 5.41) is 0. The van der Waals surface area contributed by atoms with Gasteiger partial charge in [0.15, 0.2) is 0 Å². The highest BCUT2D eigenvalue weighted by Gasteiger charge is 2.26. The Balaban J connectivity index is 0.000000101. The molecule has 0 spiro atoms. The molecule has 7 aliphatic rings. The molecule has 240 valence electrons. The van der Waals surface area contributed by atoms with Crippen molar-refractivity contribution >= 4 is 6.08 Å². The summed E-state index contributed by atoms with van der Waals surface area (Å²) in [4.78, 5) is 0. The van der Waals surface area contributed by atoms with Crippen molar-refractivity contribution < 1.29 is 0 Å². The second-order valence-corrected chi connectivity index (χ2v) is 14.3. The molecule has 10 rings (SSSR count). The van der Waals surface area contributed by atoms with Crippen molar-refractivity contribution in [3.63, 3.8) is 0 Å². The fourth-order valence-corrected chi connectivity index (χ4v) is 8.51. The lowest BCUT2D eigenvalue weighted by molar-refractivity contribution is 0.171. The highest BCUT2D eigenvalue weighted by molar-refractivity contribution is 5.59. The fourth-order valence-electron chi connectivity index (χ4n) is 8.51. The lowest BCUT2D eigenvalue weighted by Crippen LogP contribution is -2.22. The summed E-state index contributed by atoms with van der Waals surface area (Å²) in [5.41, 5.74) is 12.2. The third-order valence-corrected chi connectivity index (χ3v) is 11.2. The van der Waals surface area contributed by atoms with Gasteiger partial charge in [-0.05, 0) is 121 Å². The van der Waals surface area contributed by atoms with E-state index < -0.39 is 0 Å². The van der Waals surface area contributed by atoms with Crippen molar-refractivity contribution in [2.75, 3.05) is 0 Å². The van der Waals surface area contributed by atoms with Crippen molar-refractivity contribution in [1.82, 2.24) is 0 Å². The fraction of sp³-hybridized carbons (Fsp3) is 0.435. The van der Waals surface area contributed by atoms with Crippen LogP contribution in [0.3, 0.4) is 0 Å². The lowest BCUT2D eigenvalue weighted by atomic mass is 9.71. The largest absolute Gasteiger partial charge is 0.0798 e. The molecule has 0 amide bonds. The van der Waals surface area contributed by atoms with Gasteiger partial charge in [0.05, 0.1) is 0 Å². The van der Waals surface area contributed by atoms with Gasteiger partial charge in [-0.1, -0.05) is 161 Å². The summed E-state index contributed by atoms with van der Waals surface area (Å²) >= 11 is 0. The molecule has 0 nitrogen and oxygen atoms in total. The third-order valence-electron chi connectivity index (χ3n) is 11.2. The van der Waals surface area contributed by atoms with Crippen LogP contribution in [0.15, 0.2) is 114 Å². The molecule has 2 fully saturated rings. The summed E-state index contributed by atoms with van der Waals surface area (Å²) in [5.74, 6) is 2.31. The predicted molar refractivity (Wildman–Crippen MR) is 199 cm³/mol. The Hall–Kier alpha value is -3.38. The minimum Gasteiger partial charge on any atom is -0.0798 e. The van der Waals surface area contributed by atoms with Crippen molar-refractivity contribution in [2.24, 2.45) is 11.8 Å². The van der Waals surface area contributed by atoms with Crippen molar-refractivity contribution in [3.05, 3.63) is 148 Å². The minimum atomic E-state index is 1.12. The maximum atomic E-state index is 2.26. The topological polar surface area (TPSA) is 0 Å². The van der Waals surface area contributed by atoms with Gasteiger partial charge in [0, 0.05) is 0 Å². The number of fused-ring (bicyclic) bond motifs is 4. The van der Waals surface area contributed by atoms with Crippen LogP contribution >= 0.6 is 0 Å². The first kappa shape index (κ1) is 32.6. The lowest BCUT2D eigenvalue weighted by Gasteiger charge is -2.35. The second kappa shape index (κ2) is 17.5. The van der Waals surface area contributed by atoms with Gasteiger partial charge in [-0.15, -0.1) is 0 Å². The van der Waals surface area contributed by atoms with E-state index in [1.807, 2.05) is 0 Å². The Morgan fingerprint density at radius 1 is 0.348 bits per heavy atom. The third kappa shape index (κ3) is 9.34. The molecule has 0 radical (unpaired) electrons. The summed E-state index contributed by atoms with van der Waals surface area (Å²) < 4.78 is 0. The van der Waals surface area contributed by atoms with Crippen LogP contribution in [-0.4, -0.2) is 0 Å². The zero-order chi connectivity index (χ0) is 31.2. The Morgan fingerprint density at radius 2 is 0.739 bits per heavy atom. The number of hydrogen-bond donors (Lipinski definition) is 0. The van der Waals surface area contributed by atoms with Crippen LogP contribution < -0.4 is 0 Å². The van der Waals surface area contributed by atoms with Gasteiger partial charge < -0.3 is 0 Å². The molecule has 0 unspecified atom stereocenters. The molecule has 2 saturated carbocycles. The van der Waals surface area contributed by atoms with Crippen LogP contribution in [0, 0.1) is 11.8 Å². The number of aryl methyl sites for hydroxylation is 4. The minimum absolute atomic E-state index is 1.12. The average Bonchev–Trinajstić information content (AvgIpc) is 3.95. The summed E-state index contributed by atoms with van der Waals surface area (Å²) in [6.45, 7) is 0. The van der Waals surface area contributed by atoms with Crippen LogP contribution in [-0.2, 0) is 32.1 Å². The average molecular weight is 609 g/mol. The maximum absolute atomic E-state index is 2.26. The molecule has 0 heteroatoms. The van der Waals surface area contributed by atoms with E-state index in [1.54, 1.807) is 47.9 Å². The molecule has 0 aliphatic heterocycles. The molecular weight excluding hydrogens is 553 g/mol. The van der Waals surface area contributed by atoms with Gasteiger partial charge in [-0.3, -0.25) is 0 Å². The zero-order valence-corrected chi connectivity index (χ0v) is 28.3. The molecule has 3 aromatic rings. The molecule has 0 aromatic heterocycles. The van der Waals surface area contributed by atoms with E-state index in [0.29, 0.717) is 0 Å². The molecule has 0 saturated heterocycles. The predicted octanol–water partition coefficient (Wildman–Crippen LogP) is 12.6. The molecule has 46 heavy (non-hydrogen) atoms. The molecule has 0 bridgehead atoms. The molecule has 0 heterocycles. The number of allylic oxidation sites excluding steroid dienone is 7. The number of hydrogen-bond acceptors (Lipinski definition) is 0. The first-order valence-electron chi connectivity index (χ1n) is 18.8. The van der Waals surface area contributed by atoms with Crippen LogP contribution in [0.25, 0.3) is 6.08 Å². The van der Waals surface area contributed by atoms with E-state index in [9.17, 15) is 0 Å².